The molecule has 0 spiro atoms. The van der Waals surface area contributed by atoms with Crippen molar-refractivity contribution < 1.29 is 9.09 Å². The van der Waals surface area contributed by atoms with Gasteiger partial charge in [0, 0.05) is 18.2 Å². The summed E-state index contributed by atoms with van der Waals surface area (Å²) in [6.45, 7) is 4.15. The first kappa shape index (κ1) is 8.84. The summed E-state index contributed by atoms with van der Waals surface area (Å²) in [4.78, 5) is 0. The molecule has 1 aliphatic rings. The molecular weight excluding hydrogens is 159 g/mol. The Morgan fingerprint density at radius 2 is 2.36 bits per heavy atom. The maximum Gasteiger partial charge on any atom is 0.201 e. The van der Waals surface area contributed by atoms with Crippen molar-refractivity contribution >= 4 is 7.37 Å². The zero-order valence-corrected chi connectivity index (χ0v) is 7.86. The van der Waals surface area contributed by atoms with E-state index in [0.29, 0.717) is 12.8 Å². The Morgan fingerprint density at radius 3 is 2.73 bits per heavy atom. The van der Waals surface area contributed by atoms with E-state index in [2.05, 4.69) is 5.92 Å². The van der Waals surface area contributed by atoms with Gasteiger partial charge in [0.05, 0.1) is 6.61 Å². The van der Waals surface area contributed by atoms with Crippen molar-refractivity contribution in [3.8, 4) is 12.3 Å². The monoisotopic (exact) mass is 172 g/mol. The topological polar surface area (TPSA) is 26.3 Å². The minimum absolute atomic E-state index is 0.206. The fourth-order valence-electron chi connectivity index (χ4n) is 1.34. The van der Waals surface area contributed by atoms with Crippen LogP contribution >= 0.6 is 7.37 Å². The van der Waals surface area contributed by atoms with E-state index in [1.165, 1.54) is 0 Å². The lowest BCUT2D eigenvalue weighted by atomic mass is 9.91. The second kappa shape index (κ2) is 2.66. The van der Waals surface area contributed by atoms with E-state index in [9.17, 15) is 4.57 Å². The van der Waals surface area contributed by atoms with Gasteiger partial charge in [-0.25, -0.2) is 0 Å². The summed E-state index contributed by atoms with van der Waals surface area (Å²) in [6.07, 6.45) is 6.68. The average molecular weight is 172 g/mol. The third-order valence-electron chi connectivity index (χ3n) is 2.00. The van der Waals surface area contributed by atoms with Crippen molar-refractivity contribution in [2.24, 2.45) is 5.41 Å². The second-order valence-electron chi connectivity index (χ2n) is 3.46. The van der Waals surface area contributed by atoms with Crippen LogP contribution in [-0.4, -0.2) is 19.4 Å². The van der Waals surface area contributed by atoms with Crippen LogP contribution in [0.25, 0.3) is 0 Å². The van der Waals surface area contributed by atoms with Gasteiger partial charge in [0.2, 0.25) is 7.37 Å². The molecule has 11 heavy (non-hydrogen) atoms. The Morgan fingerprint density at radius 1 is 1.73 bits per heavy atom. The lowest BCUT2D eigenvalue weighted by Crippen LogP contribution is -2.26. The Balaban J connectivity index is 2.77. The highest BCUT2D eigenvalue weighted by molar-refractivity contribution is 7.58. The number of terminal acetylenes is 1. The molecule has 0 aliphatic carbocycles. The third-order valence-corrected chi connectivity index (χ3v) is 4.00. The lowest BCUT2D eigenvalue weighted by Gasteiger charge is -2.32. The number of rotatable bonds is 0. The number of hydrogen-bond donors (Lipinski definition) is 0. The van der Waals surface area contributed by atoms with Crippen LogP contribution in [0.15, 0.2) is 0 Å². The molecule has 0 aromatic heterocycles. The fourth-order valence-corrected chi connectivity index (χ4v) is 3.43. The zero-order valence-electron chi connectivity index (χ0n) is 6.96. The highest BCUT2D eigenvalue weighted by Gasteiger charge is 2.35. The quantitative estimate of drug-likeness (QED) is 0.412. The maximum atomic E-state index is 11.5. The molecule has 0 saturated carbocycles. The summed E-state index contributed by atoms with van der Waals surface area (Å²) in [5.41, 5.74) is -0.206. The van der Waals surface area contributed by atoms with E-state index >= 15 is 0 Å². The third kappa shape index (κ3) is 2.09. The van der Waals surface area contributed by atoms with Crippen molar-refractivity contribution in [1.82, 2.24) is 0 Å². The molecule has 2 atom stereocenters. The van der Waals surface area contributed by atoms with Crippen LogP contribution in [0.4, 0.5) is 0 Å². The summed E-state index contributed by atoms with van der Waals surface area (Å²) in [7, 11) is -2.37. The largest absolute Gasteiger partial charge is 0.329 e. The van der Waals surface area contributed by atoms with E-state index in [1.54, 1.807) is 6.66 Å². The second-order valence-corrected chi connectivity index (χ2v) is 6.06. The van der Waals surface area contributed by atoms with Gasteiger partial charge in [-0.3, -0.25) is 4.57 Å². The predicted molar refractivity (Wildman–Crippen MR) is 45.9 cm³/mol. The molecule has 2 unspecified atom stereocenters. The van der Waals surface area contributed by atoms with Crippen LogP contribution in [0.3, 0.4) is 0 Å². The normalized spacial score (nSPS) is 44.8. The van der Waals surface area contributed by atoms with Gasteiger partial charge in [-0.15, -0.1) is 6.42 Å². The van der Waals surface area contributed by atoms with Gasteiger partial charge >= 0.3 is 0 Å². The predicted octanol–water partition coefficient (Wildman–Crippen LogP) is 1.95. The fraction of sp³-hybridized carbons (Fsp3) is 0.750. The molecule has 1 rings (SSSR count). The SMILES string of the molecule is C#CC1(C)CCOP(C)(=O)C1. The molecular formula is C8H13O2P. The molecule has 0 aromatic rings. The first-order valence-electron chi connectivity index (χ1n) is 3.66. The smallest absolute Gasteiger partial charge is 0.201 e. The number of hydrogen-bond acceptors (Lipinski definition) is 2. The molecule has 1 heterocycles. The molecule has 1 fully saturated rings. The van der Waals surface area contributed by atoms with Crippen LogP contribution in [0.5, 0.6) is 0 Å². The Labute approximate surface area is 67.8 Å². The molecule has 1 aliphatic heterocycles. The van der Waals surface area contributed by atoms with Crippen molar-refractivity contribution in [3.05, 3.63) is 0 Å². The van der Waals surface area contributed by atoms with Gasteiger partial charge < -0.3 is 4.52 Å². The molecule has 62 valence electrons. The highest BCUT2D eigenvalue weighted by Crippen LogP contribution is 2.52. The standard InChI is InChI=1S/C8H13O2P/c1-4-8(2)5-6-10-11(3,9)7-8/h1H,5-7H2,2-3H3. The molecule has 1 saturated heterocycles. The van der Waals surface area contributed by atoms with E-state index < -0.39 is 7.37 Å². The first-order chi connectivity index (χ1) is 4.97. The lowest BCUT2D eigenvalue weighted by molar-refractivity contribution is 0.232. The van der Waals surface area contributed by atoms with Crippen LogP contribution in [-0.2, 0) is 9.09 Å². The molecule has 3 heteroatoms. The van der Waals surface area contributed by atoms with Crippen LogP contribution in [0, 0.1) is 17.8 Å². The molecule has 0 radical (unpaired) electrons. The maximum absolute atomic E-state index is 11.5. The molecule has 0 aromatic carbocycles. The van der Waals surface area contributed by atoms with E-state index in [1.807, 2.05) is 6.92 Å². The van der Waals surface area contributed by atoms with Gasteiger partial charge in [0.15, 0.2) is 0 Å². The minimum Gasteiger partial charge on any atom is -0.329 e. The van der Waals surface area contributed by atoms with Gasteiger partial charge in [-0.2, -0.15) is 0 Å². The van der Waals surface area contributed by atoms with Gasteiger partial charge in [0.1, 0.15) is 0 Å². The van der Waals surface area contributed by atoms with E-state index in [4.69, 9.17) is 10.9 Å². The Hall–Kier alpha value is -0.250. The zero-order chi connectivity index (χ0) is 8.54. The van der Waals surface area contributed by atoms with Crippen LogP contribution in [0.1, 0.15) is 13.3 Å². The minimum atomic E-state index is -2.37. The summed E-state index contributed by atoms with van der Waals surface area (Å²) in [6, 6.07) is 0. The van der Waals surface area contributed by atoms with E-state index in [0.717, 1.165) is 6.42 Å². The van der Waals surface area contributed by atoms with Crippen molar-refractivity contribution in [3.63, 3.8) is 0 Å². The van der Waals surface area contributed by atoms with Gasteiger partial charge in [-0.1, -0.05) is 5.92 Å². The molecule has 0 amide bonds. The van der Waals surface area contributed by atoms with Crippen LogP contribution in [0.2, 0.25) is 0 Å². The van der Waals surface area contributed by atoms with Crippen LogP contribution < -0.4 is 0 Å². The summed E-state index contributed by atoms with van der Waals surface area (Å²) >= 11 is 0. The summed E-state index contributed by atoms with van der Waals surface area (Å²) in [5.74, 6) is 2.68. The van der Waals surface area contributed by atoms with Gasteiger partial charge in [-0.05, 0) is 13.3 Å². The Bertz CT molecular complexity index is 241. The van der Waals surface area contributed by atoms with Crippen molar-refractivity contribution in [2.75, 3.05) is 19.4 Å². The molecule has 0 N–H and O–H groups in total. The highest BCUT2D eigenvalue weighted by atomic mass is 31.2. The average Bonchev–Trinajstić information content (AvgIpc) is 1.85. The van der Waals surface area contributed by atoms with Crippen molar-refractivity contribution in [1.29, 1.82) is 0 Å². The summed E-state index contributed by atoms with van der Waals surface area (Å²) < 4.78 is 16.6. The van der Waals surface area contributed by atoms with Crippen molar-refractivity contribution in [2.45, 2.75) is 13.3 Å². The Kier molecular flexibility index (Phi) is 2.14. The molecule has 2 nitrogen and oxygen atoms in total. The van der Waals surface area contributed by atoms with E-state index in [-0.39, 0.29) is 5.41 Å². The van der Waals surface area contributed by atoms with Gasteiger partial charge in [0.25, 0.3) is 0 Å². The summed E-state index contributed by atoms with van der Waals surface area (Å²) in [5, 5.41) is 0. The molecule has 0 bridgehead atoms. The first-order valence-corrected chi connectivity index (χ1v) is 5.92.